The Morgan fingerprint density at radius 1 is 0.947 bits per heavy atom. The van der Waals surface area contributed by atoms with E-state index in [1.807, 2.05) is 0 Å². The lowest BCUT2D eigenvalue weighted by Gasteiger charge is -2.11. The summed E-state index contributed by atoms with van der Waals surface area (Å²) in [6.45, 7) is -1.38. The van der Waals surface area contributed by atoms with Crippen LogP contribution in [0.15, 0.2) is 42.5 Å². The van der Waals surface area contributed by atoms with E-state index >= 15 is 0 Å². The molecule has 4 heteroatoms. The summed E-state index contributed by atoms with van der Waals surface area (Å²) in [7, 11) is 0. The normalized spacial score (nSPS) is 10.4. The van der Waals surface area contributed by atoms with Gasteiger partial charge in [0, 0.05) is 0 Å². The molecule has 0 aliphatic rings. The number of carboxylic acids is 1. The van der Waals surface area contributed by atoms with Crippen molar-refractivity contribution in [1.29, 1.82) is 0 Å². The van der Waals surface area contributed by atoms with Gasteiger partial charge in [0.1, 0.15) is 13.3 Å². The molecule has 0 saturated heterocycles. The number of hydrogen-bond donors (Lipinski definition) is 1. The highest BCUT2D eigenvalue weighted by Crippen LogP contribution is 2.29. The fourth-order valence-corrected chi connectivity index (χ4v) is 2.03. The Bertz CT molecular complexity index is 569. The lowest BCUT2D eigenvalue weighted by Crippen LogP contribution is -1.97. The molecule has 1 N–H and O–H groups in total. The van der Waals surface area contributed by atoms with E-state index < -0.39 is 19.3 Å². The van der Waals surface area contributed by atoms with Gasteiger partial charge in [0.15, 0.2) is 0 Å². The highest BCUT2D eigenvalue weighted by atomic mass is 19.1. The van der Waals surface area contributed by atoms with Crippen molar-refractivity contribution in [2.24, 2.45) is 0 Å². The number of rotatable bonds is 4. The van der Waals surface area contributed by atoms with Gasteiger partial charge in [0.2, 0.25) is 0 Å². The zero-order valence-corrected chi connectivity index (χ0v) is 10.1. The molecule has 0 saturated carbocycles. The second-order valence-corrected chi connectivity index (χ2v) is 4.10. The maximum atomic E-state index is 13.0. The van der Waals surface area contributed by atoms with Gasteiger partial charge in [-0.25, -0.2) is 13.6 Å². The van der Waals surface area contributed by atoms with Crippen LogP contribution in [-0.4, -0.2) is 11.1 Å². The highest BCUT2D eigenvalue weighted by Gasteiger charge is 2.11. The van der Waals surface area contributed by atoms with Crippen LogP contribution in [0, 0.1) is 0 Å². The largest absolute Gasteiger partial charge is 0.478 e. The lowest BCUT2D eigenvalue weighted by atomic mass is 9.94. The van der Waals surface area contributed by atoms with Crippen molar-refractivity contribution in [3.8, 4) is 11.1 Å². The Labute approximate surface area is 109 Å². The minimum Gasteiger partial charge on any atom is -0.478 e. The van der Waals surface area contributed by atoms with E-state index in [-0.39, 0.29) is 5.56 Å². The number of hydrogen-bond acceptors (Lipinski definition) is 1. The Hall–Kier alpha value is -2.23. The monoisotopic (exact) mass is 262 g/mol. The van der Waals surface area contributed by atoms with E-state index in [9.17, 15) is 13.6 Å². The van der Waals surface area contributed by atoms with Crippen LogP contribution in [0.2, 0.25) is 0 Å². The molecule has 0 amide bonds. The van der Waals surface area contributed by atoms with Crippen molar-refractivity contribution in [2.45, 2.75) is 13.3 Å². The Morgan fingerprint density at radius 2 is 1.47 bits per heavy atom. The molecular formula is C15H12F2O2. The molecule has 0 atom stereocenters. The third-order valence-electron chi connectivity index (χ3n) is 2.95. The molecule has 0 aromatic heterocycles. The Morgan fingerprint density at radius 3 is 1.89 bits per heavy atom. The van der Waals surface area contributed by atoms with E-state index in [0.29, 0.717) is 22.3 Å². The topological polar surface area (TPSA) is 37.3 Å². The zero-order valence-electron chi connectivity index (χ0n) is 10.1. The van der Waals surface area contributed by atoms with Crippen LogP contribution < -0.4 is 0 Å². The summed E-state index contributed by atoms with van der Waals surface area (Å²) < 4.78 is 26.0. The standard InChI is InChI=1S/C15H12F2O2/c16-8-12-2-1-3-13(9-17)14(12)10-4-6-11(7-5-10)15(18)19/h1-7H,8-9H2,(H,18,19). The van der Waals surface area contributed by atoms with E-state index in [1.165, 1.54) is 12.1 Å². The molecule has 19 heavy (non-hydrogen) atoms. The zero-order chi connectivity index (χ0) is 13.8. The van der Waals surface area contributed by atoms with Crippen LogP contribution in [0.4, 0.5) is 8.78 Å². The minimum atomic E-state index is -1.03. The molecule has 0 heterocycles. The van der Waals surface area contributed by atoms with E-state index in [4.69, 9.17) is 5.11 Å². The predicted octanol–water partition coefficient (Wildman–Crippen LogP) is 3.99. The smallest absolute Gasteiger partial charge is 0.335 e. The Balaban J connectivity index is 2.54. The van der Waals surface area contributed by atoms with Crippen molar-refractivity contribution in [3.05, 3.63) is 59.2 Å². The molecule has 0 spiro atoms. The quantitative estimate of drug-likeness (QED) is 0.904. The maximum Gasteiger partial charge on any atom is 0.335 e. The van der Waals surface area contributed by atoms with Crippen LogP contribution in [0.25, 0.3) is 11.1 Å². The fraction of sp³-hybridized carbons (Fsp3) is 0.133. The van der Waals surface area contributed by atoms with Gasteiger partial charge < -0.3 is 5.11 Å². The number of halogens is 2. The van der Waals surface area contributed by atoms with Crippen molar-refractivity contribution in [1.82, 2.24) is 0 Å². The first-order valence-corrected chi connectivity index (χ1v) is 5.73. The first-order valence-electron chi connectivity index (χ1n) is 5.73. The number of carbonyl (C=O) groups is 1. The molecule has 2 rings (SSSR count). The molecule has 2 aromatic rings. The second-order valence-electron chi connectivity index (χ2n) is 4.10. The first-order chi connectivity index (χ1) is 9.17. The molecule has 98 valence electrons. The SMILES string of the molecule is O=C(O)c1ccc(-c2c(CF)cccc2CF)cc1. The van der Waals surface area contributed by atoms with Gasteiger partial charge >= 0.3 is 5.97 Å². The average molecular weight is 262 g/mol. The van der Waals surface area contributed by atoms with Crippen LogP contribution in [0.1, 0.15) is 21.5 Å². The van der Waals surface area contributed by atoms with Crippen molar-refractivity contribution >= 4 is 5.97 Å². The van der Waals surface area contributed by atoms with Gasteiger partial charge in [-0.15, -0.1) is 0 Å². The van der Waals surface area contributed by atoms with Gasteiger partial charge in [-0.3, -0.25) is 0 Å². The molecule has 0 aliphatic carbocycles. The maximum absolute atomic E-state index is 13.0. The summed E-state index contributed by atoms with van der Waals surface area (Å²) in [6.07, 6.45) is 0. The van der Waals surface area contributed by atoms with Crippen LogP contribution in [0.3, 0.4) is 0 Å². The van der Waals surface area contributed by atoms with Crippen molar-refractivity contribution in [2.75, 3.05) is 0 Å². The molecule has 0 unspecified atom stereocenters. The van der Waals surface area contributed by atoms with Gasteiger partial charge in [0.05, 0.1) is 5.56 Å². The number of benzene rings is 2. The molecular weight excluding hydrogens is 250 g/mol. The molecule has 2 aromatic carbocycles. The van der Waals surface area contributed by atoms with Crippen molar-refractivity contribution < 1.29 is 18.7 Å². The minimum absolute atomic E-state index is 0.142. The molecule has 0 radical (unpaired) electrons. The average Bonchev–Trinajstić information content (AvgIpc) is 2.46. The van der Waals surface area contributed by atoms with Gasteiger partial charge in [0.25, 0.3) is 0 Å². The summed E-state index contributed by atoms with van der Waals surface area (Å²) in [5.41, 5.74) is 2.06. The molecule has 0 fully saturated rings. The molecule has 0 bridgehead atoms. The first kappa shape index (κ1) is 13.2. The van der Waals surface area contributed by atoms with E-state index in [1.54, 1.807) is 30.3 Å². The third kappa shape index (κ3) is 2.62. The number of carboxylic acid groups (broad SMARTS) is 1. The third-order valence-corrected chi connectivity index (χ3v) is 2.95. The van der Waals surface area contributed by atoms with Crippen LogP contribution in [0.5, 0.6) is 0 Å². The summed E-state index contributed by atoms with van der Waals surface area (Å²) in [5.74, 6) is -1.03. The van der Waals surface area contributed by atoms with Gasteiger partial charge in [-0.2, -0.15) is 0 Å². The van der Waals surface area contributed by atoms with E-state index in [0.717, 1.165) is 0 Å². The summed E-state index contributed by atoms with van der Waals surface area (Å²) in [5, 5.41) is 8.83. The van der Waals surface area contributed by atoms with Gasteiger partial charge in [-0.05, 0) is 34.4 Å². The van der Waals surface area contributed by atoms with Crippen LogP contribution in [-0.2, 0) is 13.3 Å². The highest BCUT2D eigenvalue weighted by molar-refractivity contribution is 5.88. The summed E-state index contributed by atoms with van der Waals surface area (Å²) >= 11 is 0. The van der Waals surface area contributed by atoms with E-state index in [2.05, 4.69) is 0 Å². The predicted molar refractivity (Wildman–Crippen MR) is 68.5 cm³/mol. The van der Waals surface area contributed by atoms with Gasteiger partial charge in [-0.1, -0.05) is 30.3 Å². The summed E-state index contributed by atoms with van der Waals surface area (Å²) in [6, 6.07) is 10.8. The fourth-order valence-electron chi connectivity index (χ4n) is 2.03. The lowest BCUT2D eigenvalue weighted by molar-refractivity contribution is 0.0697. The number of alkyl halides is 2. The summed E-state index contributed by atoms with van der Waals surface area (Å²) in [4.78, 5) is 10.8. The van der Waals surface area contributed by atoms with Crippen molar-refractivity contribution in [3.63, 3.8) is 0 Å². The second kappa shape index (κ2) is 5.61. The van der Waals surface area contributed by atoms with Crippen LogP contribution >= 0.6 is 0 Å². The molecule has 0 aliphatic heterocycles. The molecule has 2 nitrogen and oxygen atoms in total. The Kier molecular flexibility index (Phi) is 3.90. The number of aromatic carboxylic acids is 1.